The summed E-state index contributed by atoms with van der Waals surface area (Å²) in [4.78, 5) is 22.6. The number of amides is 1. The molecule has 0 fully saturated rings. The number of hydrogen-bond donors (Lipinski definition) is 2. The van der Waals surface area contributed by atoms with E-state index < -0.39 is 41.9 Å². The minimum Gasteiger partial charge on any atom is -0.480 e. The number of hydrogen-bond acceptors (Lipinski definition) is 4. The van der Waals surface area contributed by atoms with E-state index in [1.807, 2.05) is 0 Å². The smallest absolute Gasteiger partial charge is 0.408 e. The predicted molar refractivity (Wildman–Crippen MR) is 76.8 cm³/mol. The number of carboxylic acids is 1. The van der Waals surface area contributed by atoms with E-state index in [0.717, 1.165) is 18.2 Å². The molecule has 0 saturated carbocycles. The summed E-state index contributed by atoms with van der Waals surface area (Å²) in [5.41, 5.74) is -0.829. The molecule has 1 unspecified atom stereocenters. The van der Waals surface area contributed by atoms with Crippen LogP contribution in [-0.4, -0.2) is 35.4 Å². The molecule has 2 N–H and O–H groups in total. The molecule has 0 saturated heterocycles. The summed E-state index contributed by atoms with van der Waals surface area (Å²) in [6.45, 7) is 4.14. The fraction of sp³-hybridized carbons (Fsp3) is 0.467. The van der Waals surface area contributed by atoms with Gasteiger partial charge in [-0.2, -0.15) is 0 Å². The number of ether oxygens (including phenoxy) is 2. The van der Waals surface area contributed by atoms with Gasteiger partial charge in [-0.1, -0.05) is 0 Å². The molecule has 128 valence electrons. The first-order chi connectivity index (χ1) is 10.6. The van der Waals surface area contributed by atoms with Crippen LogP contribution in [0.25, 0.3) is 0 Å². The standard InChI is InChI=1S/C15H19F2NO5/c1-15(2,3)23-14(21)18-12(13(19)20)8-22-7-9-6-10(16)4-5-11(9)17/h4-6,12H,7-8H2,1-3H3,(H,18,21)(H,19,20). The Hall–Kier alpha value is -2.22. The topological polar surface area (TPSA) is 84.9 Å². The molecule has 0 aliphatic heterocycles. The van der Waals surface area contributed by atoms with E-state index in [1.54, 1.807) is 20.8 Å². The van der Waals surface area contributed by atoms with Gasteiger partial charge in [0.15, 0.2) is 6.04 Å². The Kier molecular flexibility index (Phi) is 6.44. The fourth-order valence-corrected chi connectivity index (χ4v) is 1.57. The van der Waals surface area contributed by atoms with Crippen molar-refractivity contribution in [2.75, 3.05) is 6.61 Å². The highest BCUT2D eigenvalue weighted by Crippen LogP contribution is 2.11. The van der Waals surface area contributed by atoms with Crippen molar-refractivity contribution in [3.63, 3.8) is 0 Å². The molecule has 0 spiro atoms. The molecule has 0 aliphatic rings. The number of aliphatic carboxylic acids is 1. The quantitative estimate of drug-likeness (QED) is 0.836. The van der Waals surface area contributed by atoms with Crippen molar-refractivity contribution in [2.45, 2.75) is 39.0 Å². The van der Waals surface area contributed by atoms with Crippen LogP contribution in [0.5, 0.6) is 0 Å². The molecule has 0 bridgehead atoms. The highest BCUT2D eigenvalue weighted by Gasteiger charge is 2.24. The van der Waals surface area contributed by atoms with Gasteiger partial charge in [0, 0.05) is 5.56 Å². The second-order valence-corrected chi connectivity index (χ2v) is 5.79. The SMILES string of the molecule is CC(C)(C)OC(=O)NC(COCc1cc(F)ccc1F)C(=O)O. The third-order valence-electron chi connectivity index (χ3n) is 2.54. The summed E-state index contributed by atoms with van der Waals surface area (Å²) in [5, 5.41) is 11.2. The number of rotatable bonds is 6. The summed E-state index contributed by atoms with van der Waals surface area (Å²) >= 11 is 0. The monoisotopic (exact) mass is 331 g/mol. The van der Waals surface area contributed by atoms with Crippen molar-refractivity contribution in [3.05, 3.63) is 35.4 Å². The van der Waals surface area contributed by atoms with Crippen LogP contribution in [0.4, 0.5) is 13.6 Å². The van der Waals surface area contributed by atoms with Crippen LogP contribution in [0.3, 0.4) is 0 Å². The van der Waals surface area contributed by atoms with Crippen LogP contribution in [0, 0.1) is 11.6 Å². The molecular weight excluding hydrogens is 312 g/mol. The minimum absolute atomic E-state index is 0.0496. The largest absolute Gasteiger partial charge is 0.480 e. The van der Waals surface area contributed by atoms with Gasteiger partial charge in [0.1, 0.15) is 17.2 Å². The van der Waals surface area contributed by atoms with Crippen LogP contribution >= 0.6 is 0 Å². The summed E-state index contributed by atoms with van der Waals surface area (Å²) in [5.74, 6) is -2.64. The first kappa shape index (κ1) is 18.8. The van der Waals surface area contributed by atoms with E-state index in [2.05, 4.69) is 5.32 Å². The normalized spacial score (nSPS) is 12.6. The lowest BCUT2D eigenvalue weighted by molar-refractivity contribution is -0.141. The van der Waals surface area contributed by atoms with Crippen molar-refractivity contribution >= 4 is 12.1 Å². The number of carbonyl (C=O) groups is 2. The Morgan fingerprint density at radius 2 is 1.96 bits per heavy atom. The molecule has 0 radical (unpaired) electrons. The number of halogens is 2. The van der Waals surface area contributed by atoms with Gasteiger partial charge >= 0.3 is 12.1 Å². The highest BCUT2D eigenvalue weighted by molar-refractivity contribution is 5.80. The van der Waals surface area contributed by atoms with E-state index in [0.29, 0.717) is 0 Å². The highest BCUT2D eigenvalue weighted by atomic mass is 19.1. The fourth-order valence-electron chi connectivity index (χ4n) is 1.57. The van der Waals surface area contributed by atoms with Crippen LogP contribution in [-0.2, 0) is 20.9 Å². The molecule has 0 aliphatic carbocycles. The van der Waals surface area contributed by atoms with E-state index in [4.69, 9.17) is 14.6 Å². The minimum atomic E-state index is -1.37. The molecule has 0 heterocycles. The molecule has 8 heteroatoms. The van der Waals surface area contributed by atoms with Gasteiger partial charge in [0.25, 0.3) is 0 Å². The maximum Gasteiger partial charge on any atom is 0.408 e. The molecule has 6 nitrogen and oxygen atoms in total. The van der Waals surface area contributed by atoms with Crippen LogP contribution < -0.4 is 5.32 Å². The Morgan fingerprint density at radius 3 is 2.52 bits per heavy atom. The Morgan fingerprint density at radius 1 is 1.30 bits per heavy atom. The first-order valence-corrected chi connectivity index (χ1v) is 6.82. The van der Waals surface area contributed by atoms with Gasteiger partial charge < -0.3 is 19.9 Å². The lowest BCUT2D eigenvalue weighted by atomic mass is 10.2. The number of nitrogens with one attached hydrogen (secondary N) is 1. The van der Waals surface area contributed by atoms with Crippen molar-refractivity contribution in [1.29, 1.82) is 0 Å². The van der Waals surface area contributed by atoms with Gasteiger partial charge in [-0.25, -0.2) is 18.4 Å². The number of alkyl carbamates (subject to hydrolysis) is 1. The second-order valence-electron chi connectivity index (χ2n) is 5.79. The van der Waals surface area contributed by atoms with Gasteiger partial charge in [-0.15, -0.1) is 0 Å². The van der Waals surface area contributed by atoms with E-state index in [1.165, 1.54) is 0 Å². The molecule has 1 amide bonds. The lowest BCUT2D eigenvalue weighted by Crippen LogP contribution is -2.46. The first-order valence-electron chi connectivity index (χ1n) is 6.82. The van der Waals surface area contributed by atoms with Crippen LogP contribution in [0.2, 0.25) is 0 Å². The molecule has 1 atom stereocenters. The summed E-state index contributed by atoms with van der Waals surface area (Å²) in [6, 6.07) is 1.48. The number of carboxylic acid groups (broad SMARTS) is 1. The molecule has 1 aromatic carbocycles. The summed E-state index contributed by atoms with van der Waals surface area (Å²) in [6.07, 6.45) is -0.912. The lowest BCUT2D eigenvalue weighted by Gasteiger charge is -2.22. The van der Waals surface area contributed by atoms with Crippen LogP contribution in [0.1, 0.15) is 26.3 Å². The number of carbonyl (C=O) groups excluding carboxylic acids is 1. The summed E-state index contributed by atoms with van der Waals surface area (Å²) in [7, 11) is 0. The molecule has 23 heavy (non-hydrogen) atoms. The average molecular weight is 331 g/mol. The summed E-state index contributed by atoms with van der Waals surface area (Å²) < 4.78 is 36.4. The zero-order chi connectivity index (χ0) is 17.6. The van der Waals surface area contributed by atoms with E-state index in [9.17, 15) is 18.4 Å². The van der Waals surface area contributed by atoms with Gasteiger partial charge in [0.2, 0.25) is 0 Å². The average Bonchev–Trinajstić information content (AvgIpc) is 2.39. The van der Waals surface area contributed by atoms with Crippen molar-refractivity contribution in [3.8, 4) is 0 Å². The van der Waals surface area contributed by atoms with Gasteiger partial charge in [-0.05, 0) is 39.0 Å². The Bertz CT molecular complexity index is 571. The zero-order valence-electron chi connectivity index (χ0n) is 13.1. The van der Waals surface area contributed by atoms with Crippen molar-refractivity contribution in [1.82, 2.24) is 5.32 Å². The van der Waals surface area contributed by atoms with Crippen molar-refractivity contribution in [2.24, 2.45) is 0 Å². The molecular formula is C15H19F2NO5. The maximum atomic E-state index is 13.4. The Balaban J connectivity index is 2.55. The van der Waals surface area contributed by atoms with E-state index >= 15 is 0 Å². The molecule has 0 aromatic heterocycles. The van der Waals surface area contributed by atoms with Gasteiger partial charge in [0.05, 0.1) is 13.2 Å². The number of benzene rings is 1. The van der Waals surface area contributed by atoms with Crippen molar-refractivity contribution < 1.29 is 33.0 Å². The predicted octanol–water partition coefficient (Wildman–Crippen LogP) is 2.46. The van der Waals surface area contributed by atoms with E-state index in [-0.39, 0.29) is 12.2 Å². The molecule has 1 aromatic rings. The van der Waals surface area contributed by atoms with Gasteiger partial charge in [-0.3, -0.25) is 0 Å². The molecule has 1 rings (SSSR count). The third kappa shape index (κ3) is 7.05. The third-order valence-corrected chi connectivity index (χ3v) is 2.54. The van der Waals surface area contributed by atoms with Crippen LogP contribution in [0.15, 0.2) is 18.2 Å². The zero-order valence-corrected chi connectivity index (χ0v) is 13.1. The second kappa shape index (κ2) is 7.87. The Labute approximate surface area is 132 Å². The maximum absolute atomic E-state index is 13.4.